The van der Waals surface area contributed by atoms with Crippen molar-refractivity contribution in [2.45, 2.75) is 6.92 Å². The van der Waals surface area contributed by atoms with Crippen molar-refractivity contribution in [2.24, 2.45) is 0 Å². The molecule has 0 bridgehead atoms. The van der Waals surface area contributed by atoms with Crippen LogP contribution in [0.5, 0.6) is 5.75 Å². The molecule has 2 amide bonds. The van der Waals surface area contributed by atoms with E-state index in [0.717, 1.165) is 0 Å². The number of nitrogens with one attached hydrogen (secondary N) is 2. The maximum absolute atomic E-state index is 12.0. The van der Waals surface area contributed by atoms with Crippen molar-refractivity contribution in [2.75, 3.05) is 18.5 Å². The van der Waals surface area contributed by atoms with Gasteiger partial charge in [0, 0.05) is 24.7 Å². The minimum atomic E-state index is -0.403. The second-order valence-electron chi connectivity index (χ2n) is 5.59. The van der Waals surface area contributed by atoms with Gasteiger partial charge in [-0.1, -0.05) is 23.1 Å². The van der Waals surface area contributed by atoms with Crippen molar-refractivity contribution in [3.8, 4) is 29.1 Å². The number of ether oxygens (including phenoxy) is 1. The van der Waals surface area contributed by atoms with Crippen LogP contribution in [0.15, 0.2) is 57.7 Å². The fraction of sp³-hybridized carbons (Fsp3) is 0.150. The quantitative estimate of drug-likeness (QED) is 0.638. The van der Waals surface area contributed by atoms with Crippen molar-refractivity contribution in [3.05, 3.63) is 54.4 Å². The number of nitrogens with zero attached hydrogens (tertiary/aromatic N) is 1. The lowest BCUT2D eigenvalue weighted by Gasteiger charge is -2.05. The van der Waals surface area contributed by atoms with Crippen LogP contribution in [0.3, 0.4) is 0 Å². The molecule has 0 aliphatic rings. The summed E-state index contributed by atoms with van der Waals surface area (Å²) >= 11 is 0. The Bertz CT molecular complexity index is 1010. The number of carbonyl (C=O) groups excluding carboxylic acids is 2. The Morgan fingerprint density at radius 1 is 1.14 bits per heavy atom. The Hall–Kier alpha value is -3.99. The normalized spacial score (nSPS) is 9.89. The molecule has 2 N–H and O–H groups in total. The highest BCUT2D eigenvalue weighted by Gasteiger charge is 2.14. The van der Waals surface area contributed by atoms with Gasteiger partial charge in [-0.05, 0) is 24.3 Å². The van der Waals surface area contributed by atoms with Gasteiger partial charge in [0.2, 0.25) is 11.7 Å². The van der Waals surface area contributed by atoms with Crippen LogP contribution >= 0.6 is 0 Å². The molecule has 0 saturated heterocycles. The molecule has 0 aliphatic carbocycles. The Morgan fingerprint density at radius 2 is 2.04 bits per heavy atom. The summed E-state index contributed by atoms with van der Waals surface area (Å²) in [4.78, 5) is 23.1. The van der Waals surface area contributed by atoms with Crippen LogP contribution < -0.4 is 15.4 Å². The second kappa shape index (κ2) is 9.09. The molecule has 3 rings (SSSR count). The molecule has 0 fully saturated rings. The number of carbonyl (C=O) groups is 2. The Morgan fingerprint density at radius 3 is 2.82 bits per heavy atom. The zero-order chi connectivity index (χ0) is 19.8. The lowest BCUT2D eigenvalue weighted by Crippen LogP contribution is -2.23. The number of benzene rings is 1. The van der Waals surface area contributed by atoms with E-state index in [4.69, 9.17) is 13.7 Å². The summed E-state index contributed by atoms with van der Waals surface area (Å²) in [5, 5.41) is 9.00. The van der Waals surface area contributed by atoms with Crippen LogP contribution in [0, 0.1) is 11.8 Å². The van der Waals surface area contributed by atoms with Gasteiger partial charge in [-0.15, -0.1) is 0 Å². The molecule has 142 valence electrons. The van der Waals surface area contributed by atoms with Crippen molar-refractivity contribution in [1.29, 1.82) is 0 Å². The van der Waals surface area contributed by atoms with E-state index in [1.54, 1.807) is 36.4 Å². The Kier molecular flexibility index (Phi) is 6.10. The van der Waals surface area contributed by atoms with Gasteiger partial charge in [-0.25, -0.2) is 0 Å². The Balaban J connectivity index is 1.43. The third-order valence-corrected chi connectivity index (χ3v) is 3.43. The molecule has 2 heterocycles. The summed E-state index contributed by atoms with van der Waals surface area (Å²) in [7, 11) is 0. The summed E-state index contributed by atoms with van der Waals surface area (Å²) in [6.45, 7) is 1.72. The molecule has 1 aromatic carbocycles. The summed E-state index contributed by atoms with van der Waals surface area (Å²) in [5.41, 5.74) is 0.783. The summed E-state index contributed by atoms with van der Waals surface area (Å²) in [6.07, 6.45) is 1.51. The lowest BCUT2D eigenvalue weighted by atomic mass is 10.3. The zero-order valence-corrected chi connectivity index (χ0v) is 15.0. The predicted molar refractivity (Wildman–Crippen MR) is 101 cm³/mol. The maximum atomic E-state index is 12.0. The maximum Gasteiger partial charge on any atom is 0.274 e. The highest BCUT2D eigenvalue weighted by molar-refractivity contribution is 5.93. The van der Waals surface area contributed by atoms with Crippen LogP contribution in [-0.4, -0.2) is 30.1 Å². The van der Waals surface area contributed by atoms with E-state index < -0.39 is 5.91 Å². The first-order valence-electron chi connectivity index (χ1n) is 8.37. The highest BCUT2D eigenvalue weighted by atomic mass is 16.5. The molecule has 3 aromatic rings. The first-order valence-corrected chi connectivity index (χ1v) is 8.37. The Labute approximate surface area is 160 Å². The van der Waals surface area contributed by atoms with Crippen LogP contribution in [0.25, 0.3) is 11.5 Å². The number of hydrogen-bond acceptors (Lipinski definition) is 6. The van der Waals surface area contributed by atoms with E-state index in [9.17, 15) is 9.59 Å². The summed E-state index contributed by atoms with van der Waals surface area (Å²) in [5.74, 6) is 6.46. The molecule has 0 saturated carbocycles. The predicted octanol–water partition coefficient (Wildman–Crippen LogP) is 2.71. The first-order chi connectivity index (χ1) is 13.6. The molecule has 2 aromatic heterocycles. The minimum Gasteiger partial charge on any atom is -0.481 e. The zero-order valence-electron chi connectivity index (χ0n) is 15.0. The molecule has 28 heavy (non-hydrogen) atoms. The third kappa shape index (κ3) is 5.25. The third-order valence-electron chi connectivity index (χ3n) is 3.43. The monoisotopic (exact) mass is 379 g/mol. The van der Waals surface area contributed by atoms with Crippen molar-refractivity contribution in [3.63, 3.8) is 0 Å². The van der Waals surface area contributed by atoms with Gasteiger partial charge in [0.05, 0.1) is 12.8 Å². The summed E-state index contributed by atoms with van der Waals surface area (Å²) < 4.78 is 15.7. The number of anilines is 1. The van der Waals surface area contributed by atoms with Crippen molar-refractivity contribution >= 4 is 17.5 Å². The van der Waals surface area contributed by atoms with Gasteiger partial charge in [0.1, 0.15) is 12.4 Å². The lowest BCUT2D eigenvalue weighted by molar-refractivity contribution is -0.114. The van der Waals surface area contributed by atoms with Crippen molar-refractivity contribution in [1.82, 2.24) is 10.5 Å². The fourth-order valence-electron chi connectivity index (χ4n) is 2.23. The van der Waals surface area contributed by atoms with Gasteiger partial charge in [0.15, 0.2) is 11.5 Å². The standard InChI is InChI=1S/C20H17N3O5/c1-14(24)22-15-6-4-7-16(12-15)26-10-3-2-9-21-20(25)17-13-19(28-23-17)18-8-5-11-27-18/h4-8,11-13H,9-10H2,1H3,(H,21,25)(H,22,24). The molecule has 0 unspecified atom stereocenters. The molecular weight excluding hydrogens is 362 g/mol. The van der Waals surface area contributed by atoms with E-state index in [2.05, 4.69) is 27.6 Å². The molecule has 0 spiro atoms. The van der Waals surface area contributed by atoms with E-state index in [1.807, 2.05) is 0 Å². The second-order valence-corrected chi connectivity index (χ2v) is 5.59. The number of hydrogen-bond donors (Lipinski definition) is 2. The number of aromatic nitrogens is 1. The highest BCUT2D eigenvalue weighted by Crippen LogP contribution is 2.20. The van der Waals surface area contributed by atoms with E-state index in [0.29, 0.717) is 23.0 Å². The number of rotatable bonds is 6. The van der Waals surface area contributed by atoms with Crippen LogP contribution in [-0.2, 0) is 4.79 Å². The van der Waals surface area contributed by atoms with Gasteiger partial charge in [-0.2, -0.15) is 0 Å². The molecule has 0 atom stereocenters. The number of amides is 2. The van der Waals surface area contributed by atoms with Gasteiger partial charge < -0.3 is 24.3 Å². The van der Waals surface area contributed by atoms with Crippen molar-refractivity contribution < 1.29 is 23.3 Å². The fourth-order valence-corrected chi connectivity index (χ4v) is 2.23. The molecular formula is C20H17N3O5. The average Bonchev–Trinajstić information content (AvgIpc) is 3.35. The molecule has 8 nitrogen and oxygen atoms in total. The van der Waals surface area contributed by atoms with Crippen LogP contribution in [0.1, 0.15) is 17.4 Å². The van der Waals surface area contributed by atoms with Crippen LogP contribution in [0.4, 0.5) is 5.69 Å². The largest absolute Gasteiger partial charge is 0.481 e. The van der Waals surface area contributed by atoms with Gasteiger partial charge >= 0.3 is 0 Å². The van der Waals surface area contributed by atoms with E-state index in [1.165, 1.54) is 19.3 Å². The minimum absolute atomic E-state index is 0.136. The number of furan rings is 1. The SMILES string of the molecule is CC(=O)Nc1cccc(OCC#CCNC(=O)c2cc(-c3ccco3)on2)c1. The molecule has 0 aliphatic heterocycles. The van der Waals surface area contributed by atoms with E-state index in [-0.39, 0.29) is 24.8 Å². The van der Waals surface area contributed by atoms with Gasteiger partial charge in [0.25, 0.3) is 5.91 Å². The molecule has 8 heteroatoms. The topological polar surface area (TPSA) is 107 Å². The average molecular weight is 379 g/mol. The van der Waals surface area contributed by atoms with Gasteiger partial charge in [-0.3, -0.25) is 9.59 Å². The van der Waals surface area contributed by atoms with Crippen LogP contribution in [0.2, 0.25) is 0 Å². The molecule has 0 radical (unpaired) electrons. The first kappa shape index (κ1) is 18.8. The summed E-state index contributed by atoms with van der Waals surface area (Å²) in [6, 6.07) is 11.9. The smallest absolute Gasteiger partial charge is 0.274 e. The van der Waals surface area contributed by atoms with E-state index >= 15 is 0 Å².